The largest absolute Gasteiger partial charge is 0.508 e. The molecule has 0 fully saturated rings. The third kappa shape index (κ3) is 4.29. The van der Waals surface area contributed by atoms with Crippen LogP contribution in [0.5, 0.6) is 17.2 Å². The quantitative estimate of drug-likeness (QED) is 0.721. The lowest BCUT2D eigenvalue weighted by molar-refractivity contribution is 0.373. The van der Waals surface area contributed by atoms with Gasteiger partial charge in [-0.3, -0.25) is 0 Å². The lowest BCUT2D eigenvalue weighted by Gasteiger charge is -2.03. The van der Waals surface area contributed by atoms with Crippen molar-refractivity contribution in [3.8, 4) is 17.2 Å². The van der Waals surface area contributed by atoms with Gasteiger partial charge in [0.2, 0.25) is 0 Å². The smallest absolute Gasteiger partial charge is 0.161 e. The predicted octanol–water partition coefficient (Wildman–Crippen LogP) is 4.44. The normalized spacial score (nSPS) is 11.4. The molecule has 2 N–H and O–H groups in total. The SMILES string of the molecule is COc1cc(/C=C/c2cc(/C=C/c3ccc(O)cc3)on2)ccc1O. The highest BCUT2D eigenvalue weighted by Gasteiger charge is 2.02. The van der Waals surface area contributed by atoms with Gasteiger partial charge in [0.25, 0.3) is 0 Å². The molecule has 0 aliphatic heterocycles. The van der Waals surface area contributed by atoms with E-state index in [-0.39, 0.29) is 11.5 Å². The van der Waals surface area contributed by atoms with Gasteiger partial charge in [-0.2, -0.15) is 0 Å². The van der Waals surface area contributed by atoms with Crippen molar-refractivity contribution >= 4 is 24.3 Å². The number of phenolic OH excluding ortho intramolecular Hbond substituents is 2. The lowest BCUT2D eigenvalue weighted by atomic mass is 10.1. The van der Waals surface area contributed by atoms with Gasteiger partial charge in [-0.15, -0.1) is 0 Å². The molecule has 2 aromatic carbocycles. The van der Waals surface area contributed by atoms with E-state index in [1.807, 2.05) is 24.3 Å². The van der Waals surface area contributed by atoms with Crippen molar-refractivity contribution in [1.82, 2.24) is 5.16 Å². The van der Waals surface area contributed by atoms with Crippen LogP contribution in [0.1, 0.15) is 22.6 Å². The van der Waals surface area contributed by atoms with E-state index in [0.29, 0.717) is 17.2 Å². The van der Waals surface area contributed by atoms with Gasteiger partial charge in [0, 0.05) is 6.07 Å². The fraction of sp³-hybridized carbons (Fsp3) is 0.0500. The third-order valence-electron chi connectivity index (χ3n) is 3.53. The Balaban J connectivity index is 1.70. The molecule has 0 aliphatic carbocycles. The molecule has 0 radical (unpaired) electrons. The summed E-state index contributed by atoms with van der Waals surface area (Å²) in [5, 5.41) is 22.8. The van der Waals surface area contributed by atoms with Crippen LogP contribution < -0.4 is 4.74 Å². The zero-order valence-corrected chi connectivity index (χ0v) is 13.6. The van der Waals surface area contributed by atoms with Crippen molar-refractivity contribution in [3.63, 3.8) is 0 Å². The first-order chi connectivity index (χ1) is 12.1. The summed E-state index contributed by atoms with van der Waals surface area (Å²) in [6.07, 6.45) is 7.35. The van der Waals surface area contributed by atoms with Gasteiger partial charge in [-0.05, 0) is 47.5 Å². The van der Waals surface area contributed by atoms with Gasteiger partial charge in [-0.1, -0.05) is 35.5 Å². The van der Waals surface area contributed by atoms with Crippen LogP contribution in [0.25, 0.3) is 24.3 Å². The fourth-order valence-corrected chi connectivity index (χ4v) is 2.20. The maximum Gasteiger partial charge on any atom is 0.161 e. The van der Waals surface area contributed by atoms with E-state index in [9.17, 15) is 10.2 Å². The Hall–Kier alpha value is -3.47. The number of rotatable bonds is 5. The second-order valence-electron chi connectivity index (χ2n) is 5.34. The molecule has 5 heteroatoms. The fourth-order valence-electron chi connectivity index (χ4n) is 2.20. The molecule has 0 saturated carbocycles. The molecule has 1 aromatic heterocycles. The number of ether oxygens (including phenoxy) is 1. The second kappa shape index (κ2) is 7.40. The Kier molecular flexibility index (Phi) is 4.85. The Morgan fingerprint density at radius 2 is 1.60 bits per heavy atom. The zero-order valence-electron chi connectivity index (χ0n) is 13.6. The van der Waals surface area contributed by atoms with E-state index in [1.165, 1.54) is 7.11 Å². The summed E-state index contributed by atoms with van der Waals surface area (Å²) >= 11 is 0. The topological polar surface area (TPSA) is 75.7 Å². The molecule has 5 nitrogen and oxygen atoms in total. The molecule has 0 spiro atoms. The third-order valence-corrected chi connectivity index (χ3v) is 3.53. The van der Waals surface area contributed by atoms with Gasteiger partial charge in [0.1, 0.15) is 11.4 Å². The average Bonchev–Trinajstić information content (AvgIpc) is 3.08. The molecule has 0 aliphatic rings. The van der Waals surface area contributed by atoms with E-state index in [1.54, 1.807) is 48.5 Å². The van der Waals surface area contributed by atoms with Crippen molar-refractivity contribution in [2.45, 2.75) is 0 Å². The first-order valence-electron chi connectivity index (χ1n) is 7.63. The molecular formula is C20H17NO4. The highest BCUT2D eigenvalue weighted by Crippen LogP contribution is 2.27. The van der Waals surface area contributed by atoms with Crippen LogP contribution in [0, 0.1) is 0 Å². The van der Waals surface area contributed by atoms with Crippen molar-refractivity contribution in [2.75, 3.05) is 7.11 Å². The first kappa shape index (κ1) is 16.4. The van der Waals surface area contributed by atoms with Gasteiger partial charge in [0.05, 0.1) is 7.11 Å². The molecule has 0 amide bonds. The number of methoxy groups -OCH3 is 1. The zero-order chi connectivity index (χ0) is 17.6. The minimum Gasteiger partial charge on any atom is -0.508 e. The number of aromatic hydroxyl groups is 2. The summed E-state index contributed by atoms with van der Waals surface area (Å²) in [4.78, 5) is 0. The monoisotopic (exact) mass is 335 g/mol. The number of hydrogen-bond donors (Lipinski definition) is 2. The summed E-state index contributed by atoms with van der Waals surface area (Å²) in [5.41, 5.74) is 2.50. The molecule has 126 valence electrons. The Bertz CT molecular complexity index is 908. The summed E-state index contributed by atoms with van der Waals surface area (Å²) in [7, 11) is 1.51. The second-order valence-corrected chi connectivity index (χ2v) is 5.34. The van der Waals surface area contributed by atoms with Crippen LogP contribution >= 0.6 is 0 Å². The maximum atomic E-state index is 9.59. The van der Waals surface area contributed by atoms with E-state index in [4.69, 9.17) is 9.26 Å². The predicted molar refractivity (Wildman–Crippen MR) is 97.1 cm³/mol. The van der Waals surface area contributed by atoms with Gasteiger partial charge < -0.3 is 19.5 Å². The molecule has 0 bridgehead atoms. The summed E-state index contributed by atoms with van der Waals surface area (Å²) in [6, 6.07) is 13.8. The molecule has 0 atom stereocenters. The molecule has 0 unspecified atom stereocenters. The minimum atomic E-state index is 0.0998. The van der Waals surface area contributed by atoms with Gasteiger partial charge >= 0.3 is 0 Å². The number of nitrogens with zero attached hydrogens (tertiary/aromatic N) is 1. The lowest BCUT2D eigenvalue weighted by Crippen LogP contribution is -1.84. The van der Waals surface area contributed by atoms with Crippen molar-refractivity contribution in [2.24, 2.45) is 0 Å². The van der Waals surface area contributed by atoms with E-state index >= 15 is 0 Å². The molecule has 3 rings (SSSR count). The van der Waals surface area contributed by atoms with Crippen molar-refractivity contribution in [3.05, 3.63) is 71.1 Å². The Labute approximate surface area is 145 Å². The molecule has 3 aromatic rings. The van der Waals surface area contributed by atoms with Crippen LogP contribution in [0.3, 0.4) is 0 Å². The standard InChI is InChI=1S/C20H17NO4/c1-24-20-12-15(6-11-19(20)23)2-7-16-13-18(25-21-16)10-5-14-3-8-17(22)9-4-14/h2-13,22-23H,1H3/b7-2+,10-5+. The van der Waals surface area contributed by atoms with Crippen molar-refractivity contribution < 1.29 is 19.5 Å². The Morgan fingerprint density at radius 1 is 0.880 bits per heavy atom. The van der Waals surface area contributed by atoms with E-state index < -0.39 is 0 Å². The van der Waals surface area contributed by atoms with Crippen LogP contribution in [-0.4, -0.2) is 22.5 Å². The molecule has 0 saturated heterocycles. The van der Waals surface area contributed by atoms with Crippen LogP contribution in [0.4, 0.5) is 0 Å². The highest BCUT2D eigenvalue weighted by molar-refractivity contribution is 5.72. The van der Waals surface area contributed by atoms with Crippen LogP contribution in [-0.2, 0) is 0 Å². The summed E-state index contributed by atoms with van der Waals surface area (Å²) in [6.45, 7) is 0. The number of benzene rings is 2. The highest BCUT2D eigenvalue weighted by atomic mass is 16.5. The maximum absolute atomic E-state index is 9.59. The van der Waals surface area contributed by atoms with Crippen LogP contribution in [0.15, 0.2) is 53.1 Å². The molecular weight excluding hydrogens is 318 g/mol. The molecule has 1 heterocycles. The number of phenols is 2. The first-order valence-corrected chi connectivity index (χ1v) is 7.63. The summed E-state index contributed by atoms with van der Waals surface area (Å²) < 4.78 is 10.3. The van der Waals surface area contributed by atoms with Crippen LogP contribution in [0.2, 0.25) is 0 Å². The average molecular weight is 335 g/mol. The Morgan fingerprint density at radius 3 is 2.36 bits per heavy atom. The number of aromatic nitrogens is 1. The number of hydrogen-bond acceptors (Lipinski definition) is 5. The van der Waals surface area contributed by atoms with E-state index in [2.05, 4.69) is 5.16 Å². The minimum absolute atomic E-state index is 0.0998. The van der Waals surface area contributed by atoms with Gasteiger partial charge in [0.15, 0.2) is 17.3 Å². The molecule has 25 heavy (non-hydrogen) atoms. The van der Waals surface area contributed by atoms with E-state index in [0.717, 1.165) is 11.1 Å². The summed E-state index contributed by atoms with van der Waals surface area (Å²) in [5.74, 6) is 1.37. The van der Waals surface area contributed by atoms with Gasteiger partial charge in [-0.25, -0.2) is 0 Å². The van der Waals surface area contributed by atoms with Crippen molar-refractivity contribution in [1.29, 1.82) is 0 Å².